The first kappa shape index (κ1) is 19.2. The molecule has 0 saturated carbocycles. The molecule has 0 fully saturated rings. The summed E-state index contributed by atoms with van der Waals surface area (Å²) in [4.78, 5) is 13.9. The van der Waals surface area contributed by atoms with Crippen LogP contribution in [0.15, 0.2) is 47.4 Å². The monoisotopic (exact) mass is 388 g/mol. The maximum Gasteiger partial charge on any atom is 0.261 e. The zero-order valence-corrected chi connectivity index (χ0v) is 16.4. The number of sulfonamides is 1. The minimum absolute atomic E-state index is 0.101. The standard InChI is InChI=1S/C20H24N2O4S/c1-3-13-26-17-7-9-18(10-8-17)27(24,25)21-16-6-11-19-15(14-16)5-12-20(23)22(19)4-2/h6-11,14,21H,3-5,12-13H2,1-2H3. The van der Waals surface area contributed by atoms with Gasteiger partial charge in [-0.2, -0.15) is 0 Å². The molecule has 0 atom stereocenters. The second-order valence-electron chi connectivity index (χ2n) is 6.41. The highest BCUT2D eigenvalue weighted by molar-refractivity contribution is 7.92. The fourth-order valence-corrected chi connectivity index (χ4v) is 4.17. The van der Waals surface area contributed by atoms with Gasteiger partial charge in [-0.25, -0.2) is 8.42 Å². The number of ether oxygens (including phenoxy) is 1. The van der Waals surface area contributed by atoms with E-state index in [4.69, 9.17) is 4.74 Å². The highest BCUT2D eigenvalue weighted by atomic mass is 32.2. The molecule has 3 rings (SSSR count). The normalized spacial score (nSPS) is 14.0. The quantitative estimate of drug-likeness (QED) is 0.787. The van der Waals surface area contributed by atoms with E-state index in [9.17, 15) is 13.2 Å². The molecule has 0 aromatic heterocycles. The summed E-state index contributed by atoms with van der Waals surface area (Å²) in [5.74, 6) is 0.748. The van der Waals surface area contributed by atoms with Crippen LogP contribution >= 0.6 is 0 Å². The third-order valence-electron chi connectivity index (χ3n) is 4.45. The smallest absolute Gasteiger partial charge is 0.261 e. The third kappa shape index (κ3) is 4.24. The van der Waals surface area contributed by atoms with E-state index in [-0.39, 0.29) is 10.8 Å². The second-order valence-corrected chi connectivity index (χ2v) is 8.09. The number of rotatable bonds is 7. The Morgan fingerprint density at radius 2 is 1.81 bits per heavy atom. The Morgan fingerprint density at radius 3 is 2.48 bits per heavy atom. The van der Waals surface area contributed by atoms with E-state index in [1.54, 1.807) is 35.2 Å². The van der Waals surface area contributed by atoms with Crippen LogP contribution in [0.3, 0.4) is 0 Å². The van der Waals surface area contributed by atoms with Gasteiger partial charge in [-0.3, -0.25) is 9.52 Å². The molecule has 0 radical (unpaired) electrons. The van der Waals surface area contributed by atoms with Crippen molar-refractivity contribution >= 4 is 27.3 Å². The average Bonchev–Trinajstić information content (AvgIpc) is 2.66. The first-order valence-corrected chi connectivity index (χ1v) is 10.6. The molecular weight excluding hydrogens is 364 g/mol. The lowest BCUT2D eigenvalue weighted by Gasteiger charge is -2.28. The minimum Gasteiger partial charge on any atom is -0.494 e. The predicted molar refractivity (Wildman–Crippen MR) is 106 cm³/mol. The van der Waals surface area contributed by atoms with Crippen LogP contribution in [0.1, 0.15) is 32.3 Å². The highest BCUT2D eigenvalue weighted by Gasteiger charge is 2.23. The van der Waals surface area contributed by atoms with Gasteiger partial charge in [0, 0.05) is 24.3 Å². The first-order chi connectivity index (χ1) is 12.9. The first-order valence-electron chi connectivity index (χ1n) is 9.13. The van der Waals surface area contributed by atoms with Gasteiger partial charge in [-0.05, 0) is 67.8 Å². The van der Waals surface area contributed by atoms with Crippen molar-refractivity contribution in [1.29, 1.82) is 0 Å². The van der Waals surface area contributed by atoms with Crippen molar-refractivity contribution in [3.05, 3.63) is 48.0 Å². The molecule has 1 heterocycles. The summed E-state index contributed by atoms with van der Waals surface area (Å²) in [5, 5.41) is 0. The molecule has 0 bridgehead atoms. The van der Waals surface area contributed by atoms with Crippen LogP contribution in [0, 0.1) is 0 Å². The largest absolute Gasteiger partial charge is 0.494 e. The number of amides is 1. The van der Waals surface area contributed by atoms with Crippen molar-refractivity contribution < 1.29 is 17.9 Å². The molecule has 1 aliphatic rings. The number of aryl methyl sites for hydroxylation is 1. The Balaban J connectivity index is 1.79. The summed E-state index contributed by atoms with van der Waals surface area (Å²) >= 11 is 0. The Bertz CT molecular complexity index is 923. The van der Waals surface area contributed by atoms with Crippen LogP contribution in [-0.4, -0.2) is 27.5 Å². The minimum atomic E-state index is -3.69. The third-order valence-corrected chi connectivity index (χ3v) is 5.85. The molecule has 0 spiro atoms. The van der Waals surface area contributed by atoms with Crippen LogP contribution in [0.5, 0.6) is 5.75 Å². The molecular formula is C20H24N2O4S. The van der Waals surface area contributed by atoms with Gasteiger partial charge in [-0.1, -0.05) is 6.92 Å². The number of nitrogens with one attached hydrogen (secondary N) is 1. The molecule has 6 nitrogen and oxygen atoms in total. The SMILES string of the molecule is CCCOc1ccc(S(=O)(=O)Nc2ccc3c(c2)CCC(=O)N3CC)cc1. The van der Waals surface area contributed by atoms with Crippen LogP contribution < -0.4 is 14.4 Å². The molecule has 0 saturated heterocycles. The molecule has 2 aromatic carbocycles. The number of hydrogen-bond acceptors (Lipinski definition) is 4. The van der Waals surface area contributed by atoms with Gasteiger partial charge in [0.1, 0.15) is 5.75 Å². The lowest BCUT2D eigenvalue weighted by atomic mass is 10.0. The summed E-state index contributed by atoms with van der Waals surface area (Å²) in [6.07, 6.45) is 1.95. The molecule has 1 aliphatic heterocycles. The number of nitrogens with zero attached hydrogens (tertiary/aromatic N) is 1. The van der Waals surface area contributed by atoms with E-state index in [1.165, 1.54) is 12.1 Å². The molecule has 0 unspecified atom stereocenters. The number of hydrogen-bond donors (Lipinski definition) is 1. The zero-order valence-electron chi connectivity index (χ0n) is 15.6. The molecule has 0 aliphatic carbocycles. The van der Waals surface area contributed by atoms with E-state index in [0.717, 1.165) is 17.7 Å². The molecule has 27 heavy (non-hydrogen) atoms. The molecule has 2 aromatic rings. The summed E-state index contributed by atoms with van der Waals surface area (Å²) in [7, 11) is -3.69. The second kappa shape index (κ2) is 8.00. The lowest BCUT2D eigenvalue weighted by molar-refractivity contribution is -0.118. The van der Waals surface area contributed by atoms with E-state index >= 15 is 0 Å². The molecule has 144 valence electrons. The van der Waals surface area contributed by atoms with Crippen LogP contribution in [0.4, 0.5) is 11.4 Å². The number of fused-ring (bicyclic) bond motifs is 1. The van der Waals surface area contributed by atoms with Crippen molar-refractivity contribution in [2.24, 2.45) is 0 Å². The topological polar surface area (TPSA) is 75.7 Å². The van der Waals surface area contributed by atoms with Crippen molar-refractivity contribution in [2.75, 3.05) is 22.8 Å². The molecule has 7 heteroatoms. The number of benzene rings is 2. The summed E-state index contributed by atoms with van der Waals surface area (Å²) in [6, 6.07) is 11.7. The summed E-state index contributed by atoms with van der Waals surface area (Å²) in [6.45, 7) is 5.13. The van der Waals surface area contributed by atoms with Gasteiger partial charge in [-0.15, -0.1) is 0 Å². The van der Waals surface area contributed by atoms with Crippen LogP contribution in [0.25, 0.3) is 0 Å². The van der Waals surface area contributed by atoms with E-state index in [0.29, 0.717) is 37.4 Å². The van der Waals surface area contributed by atoms with E-state index in [2.05, 4.69) is 4.72 Å². The zero-order chi connectivity index (χ0) is 19.4. The Kier molecular flexibility index (Phi) is 5.70. The summed E-state index contributed by atoms with van der Waals surface area (Å²) < 4.78 is 33.4. The Hall–Kier alpha value is -2.54. The maximum atomic E-state index is 12.7. The van der Waals surface area contributed by atoms with Gasteiger partial charge in [0.05, 0.1) is 11.5 Å². The molecule has 1 N–H and O–H groups in total. The Morgan fingerprint density at radius 1 is 1.07 bits per heavy atom. The van der Waals surface area contributed by atoms with Crippen molar-refractivity contribution in [2.45, 2.75) is 38.0 Å². The number of anilines is 2. The van der Waals surface area contributed by atoms with Gasteiger partial charge >= 0.3 is 0 Å². The highest BCUT2D eigenvalue weighted by Crippen LogP contribution is 2.31. The van der Waals surface area contributed by atoms with Crippen LogP contribution in [-0.2, 0) is 21.2 Å². The van der Waals surface area contributed by atoms with Gasteiger partial charge in [0.25, 0.3) is 10.0 Å². The van der Waals surface area contributed by atoms with Gasteiger partial charge in [0.2, 0.25) is 5.91 Å². The molecule has 1 amide bonds. The van der Waals surface area contributed by atoms with Crippen molar-refractivity contribution in [3.63, 3.8) is 0 Å². The Labute approximate surface area is 160 Å². The number of carbonyl (C=O) groups excluding carboxylic acids is 1. The van der Waals surface area contributed by atoms with Crippen LogP contribution in [0.2, 0.25) is 0 Å². The number of carbonyl (C=O) groups is 1. The lowest BCUT2D eigenvalue weighted by Crippen LogP contribution is -2.34. The van der Waals surface area contributed by atoms with Gasteiger partial charge in [0.15, 0.2) is 0 Å². The maximum absolute atomic E-state index is 12.7. The fraction of sp³-hybridized carbons (Fsp3) is 0.350. The van der Waals surface area contributed by atoms with Gasteiger partial charge < -0.3 is 9.64 Å². The van der Waals surface area contributed by atoms with E-state index in [1.807, 2.05) is 13.8 Å². The predicted octanol–water partition coefficient (Wildman–Crippen LogP) is 3.58. The van der Waals surface area contributed by atoms with E-state index < -0.39 is 10.0 Å². The van der Waals surface area contributed by atoms with Crippen molar-refractivity contribution in [1.82, 2.24) is 0 Å². The fourth-order valence-electron chi connectivity index (χ4n) is 3.12. The van der Waals surface area contributed by atoms with Crippen molar-refractivity contribution in [3.8, 4) is 5.75 Å². The average molecular weight is 388 g/mol. The summed E-state index contributed by atoms with van der Waals surface area (Å²) in [5.41, 5.74) is 2.32.